The molecular weight excluding hydrogens is 442 g/mol. The summed E-state index contributed by atoms with van der Waals surface area (Å²) in [7, 11) is 0. The van der Waals surface area contributed by atoms with Gasteiger partial charge in [0.15, 0.2) is 12.0 Å². The third-order valence-corrected chi connectivity index (χ3v) is 4.78. The number of aliphatic hydroxyl groups excluding tert-OH is 1. The van der Waals surface area contributed by atoms with E-state index in [4.69, 9.17) is 22.3 Å². The highest BCUT2D eigenvalue weighted by molar-refractivity contribution is 7.80. The zero-order valence-electron chi connectivity index (χ0n) is 18.4. The lowest BCUT2D eigenvalue weighted by Crippen LogP contribution is -2.59. The Morgan fingerprint density at radius 1 is 0.969 bits per heavy atom. The van der Waals surface area contributed by atoms with Gasteiger partial charge in [0.2, 0.25) is 17.7 Å². The predicted molar refractivity (Wildman–Crippen MR) is 122 cm³/mol. The average Bonchev–Trinajstić information content (AvgIpc) is 2.69. The number of amides is 3. The molecule has 0 rings (SSSR count). The number of aliphatic imine (C=N–C) groups is 1. The molecule has 184 valence electrons. The fourth-order valence-corrected chi connectivity index (χ4v) is 2.80. The molecule has 13 nitrogen and oxygen atoms in total. The van der Waals surface area contributed by atoms with Crippen molar-refractivity contribution >= 4 is 42.3 Å². The number of carbonyl (C=O) groups excluding carboxylic acids is 3. The van der Waals surface area contributed by atoms with Crippen LogP contribution in [0.4, 0.5) is 0 Å². The van der Waals surface area contributed by atoms with Crippen LogP contribution in [-0.2, 0) is 19.2 Å². The van der Waals surface area contributed by atoms with Crippen LogP contribution in [0.15, 0.2) is 4.99 Å². The Hall–Kier alpha value is -2.58. The molecule has 5 atom stereocenters. The minimum absolute atomic E-state index is 0.0644. The van der Waals surface area contributed by atoms with Crippen LogP contribution in [0, 0.1) is 5.92 Å². The molecule has 0 saturated carbocycles. The number of thiol groups is 1. The van der Waals surface area contributed by atoms with E-state index in [0.29, 0.717) is 13.0 Å². The van der Waals surface area contributed by atoms with E-state index in [1.54, 1.807) is 13.8 Å². The summed E-state index contributed by atoms with van der Waals surface area (Å²) in [6.45, 7) is 4.90. The van der Waals surface area contributed by atoms with Gasteiger partial charge in [0.1, 0.15) is 12.1 Å². The van der Waals surface area contributed by atoms with Gasteiger partial charge in [0.05, 0.1) is 12.1 Å². The topological polar surface area (TPSA) is 235 Å². The Kier molecular flexibility index (Phi) is 13.3. The second kappa shape index (κ2) is 14.5. The van der Waals surface area contributed by atoms with Crippen LogP contribution in [0.2, 0.25) is 0 Å². The van der Waals surface area contributed by atoms with Crippen LogP contribution >= 0.6 is 12.6 Å². The molecular formula is C18H35N7O6S. The van der Waals surface area contributed by atoms with Gasteiger partial charge in [-0.25, -0.2) is 4.79 Å². The van der Waals surface area contributed by atoms with E-state index in [0.717, 1.165) is 0 Å². The molecule has 0 aromatic heterocycles. The van der Waals surface area contributed by atoms with Crippen LogP contribution in [0.25, 0.3) is 0 Å². The predicted octanol–water partition coefficient (Wildman–Crippen LogP) is -3.13. The molecule has 0 aromatic rings. The number of guanidine groups is 1. The van der Waals surface area contributed by atoms with Crippen LogP contribution in [0.1, 0.15) is 33.6 Å². The van der Waals surface area contributed by atoms with Crippen molar-refractivity contribution in [2.24, 2.45) is 28.1 Å². The maximum atomic E-state index is 12.7. The third-order valence-electron chi connectivity index (χ3n) is 4.41. The Bertz CT molecular complexity index is 685. The number of nitrogens with zero attached hydrogens (tertiary/aromatic N) is 1. The maximum Gasteiger partial charge on any atom is 0.328 e. The van der Waals surface area contributed by atoms with Crippen molar-refractivity contribution in [1.82, 2.24) is 16.0 Å². The Labute approximate surface area is 192 Å². The minimum Gasteiger partial charge on any atom is -0.480 e. The van der Waals surface area contributed by atoms with Crippen molar-refractivity contribution < 1.29 is 29.4 Å². The van der Waals surface area contributed by atoms with Crippen LogP contribution < -0.4 is 33.2 Å². The summed E-state index contributed by atoms with van der Waals surface area (Å²) in [5, 5.41) is 25.7. The lowest BCUT2D eigenvalue weighted by molar-refractivity contribution is -0.145. The Morgan fingerprint density at radius 3 is 1.97 bits per heavy atom. The Balaban J connectivity index is 5.05. The van der Waals surface area contributed by atoms with Gasteiger partial charge < -0.3 is 43.4 Å². The van der Waals surface area contributed by atoms with E-state index in [2.05, 4.69) is 33.6 Å². The molecule has 0 aromatic carbocycles. The normalized spacial score (nSPS) is 15.6. The average molecular weight is 478 g/mol. The molecule has 11 N–H and O–H groups in total. The Morgan fingerprint density at radius 2 is 1.53 bits per heavy atom. The highest BCUT2D eigenvalue weighted by Crippen LogP contribution is 2.05. The van der Waals surface area contributed by atoms with Gasteiger partial charge in [-0.05, 0) is 25.7 Å². The SMILES string of the molecule is CC(C)C(NC(=O)C(N)CCCN=C(N)N)C(=O)NC(CS)C(=O)NC(C(=O)O)C(C)O. The molecule has 0 spiro atoms. The van der Waals surface area contributed by atoms with Crippen molar-refractivity contribution in [3.63, 3.8) is 0 Å². The van der Waals surface area contributed by atoms with E-state index in [9.17, 15) is 24.3 Å². The molecule has 0 heterocycles. The number of aliphatic carboxylic acids is 1. The quantitative estimate of drug-likeness (QED) is 0.0531. The molecule has 14 heteroatoms. The maximum absolute atomic E-state index is 12.7. The number of rotatable bonds is 14. The van der Waals surface area contributed by atoms with E-state index in [-0.39, 0.29) is 24.1 Å². The number of hydrogen-bond acceptors (Lipinski definition) is 8. The van der Waals surface area contributed by atoms with E-state index < -0.39 is 54.0 Å². The van der Waals surface area contributed by atoms with Crippen LogP contribution in [0.3, 0.4) is 0 Å². The van der Waals surface area contributed by atoms with Crippen molar-refractivity contribution in [2.45, 2.75) is 63.9 Å². The van der Waals surface area contributed by atoms with Gasteiger partial charge >= 0.3 is 5.97 Å². The molecule has 0 aliphatic heterocycles. The first-order valence-electron chi connectivity index (χ1n) is 10.1. The molecule has 0 radical (unpaired) electrons. The molecule has 5 unspecified atom stereocenters. The molecule has 0 aliphatic carbocycles. The van der Waals surface area contributed by atoms with Crippen molar-refractivity contribution in [1.29, 1.82) is 0 Å². The second-order valence-corrected chi connectivity index (χ2v) is 7.96. The first-order chi connectivity index (χ1) is 14.8. The van der Waals surface area contributed by atoms with Gasteiger partial charge in [0.25, 0.3) is 0 Å². The summed E-state index contributed by atoms with van der Waals surface area (Å²) in [6, 6.07) is -4.66. The summed E-state index contributed by atoms with van der Waals surface area (Å²) in [5.41, 5.74) is 16.3. The zero-order valence-corrected chi connectivity index (χ0v) is 19.3. The highest BCUT2D eigenvalue weighted by atomic mass is 32.1. The smallest absolute Gasteiger partial charge is 0.328 e. The summed E-state index contributed by atoms with van der Waals surface area (Å²) < 4.78 is 0. The fourth-order valence-electron chi connectivity index (χ4n) is 2.54. The number of carbonyl (C=O) groups is 4. The minimum atomic E-state index is -1.56. The number of carboxylic acid groups (broad SMARTS) is 1. The molecule has 3 amide bonds. The number of aliphatic hydroxyl groups is 1. The van der Waals surface area contributed by atoms with E-state index in [1.165, 1.54) is 6.92 Å². The summed E-state index contributed by atoms with van der Waals surface area (Å²) >= 11 is 4.02. The first kappa shape index (κ1) is 29.4. The van der Waals surface area contributed by atoms with Crippen LogP contribution in [-0.4, -0.2) is 82.4 Å². The van der Waals surface area contributed by atoms with Gasteiger partial charge in [0, 0.05) is 12.3 Å². The van der Waals surface area contributed by atoms with E-state index >= 15 is 0 Å². The highest BCUT2D eigenvalue weighted by Gasteiger charge is 2.32. The van der Waals surface area contributed by atoms with Gasteiger partial charge in [-0.2, -0.15) is 12.6 Å². The standard InChI is InChI=1S/C18H35N7O6S/c1-8(2)12(24-14(27)10(19)5-4-6-22-18(20)21)16(29)23-11(7-32)15(28)25-13(9(3)26)17(30)31/h8-13,26,32H,4-7,19H2,1-3H3,(H,23,29)(H,24,27)(H,25,28)(H,30,31)(H4,20,21,22). The largest absolute Gasteiger partial charge is 0.480 e. The van der Waals surface area contributed by atoms with E-state index in [1.807, 2.05) is 0 Å². The molecule has 0 saturated heterocycles. The van der Waals surface area contributed by atoms with Crippen molar-refractivity contribution in [3.05, 3.63) is 0 Å². The summed E-state index contributed by atoms with van der Waals surface area (Å²) in [6.07, 6.45) is -0.614. The van der Waals surface area contributed by atoms with Gasteiger partial charge in [-0.1, -0.05) is 13.8 Å². The lowest BCUT2D eigenvalue weighted by atomic mass is 10.0. The lowest BCUT2D eigenvalue weighted by Gasteiger charge is -2.26. The molecule has 0 fully saturated rings. The van der Waals surface area contributed by atoms with Crippen LogP contribution in [0.5, 0.6) is 0 Å². The van der Waals surface area contributed by atoms with Crippen molar-refractivity contribution in [2.75, 3.05) is 12.3 Å². The number of nitrogens with one attached hydrogen (secondary N) is 3. The number of carboxylic acids is 1. The number of hydrogen-bond donors (Lipinski definition) is 9. The summed E-state index contributed by atoms with van der Waals surface area (Å²) in [4.78, 5) is 52.4. The zero-order chi connectivity index (χ0) is 25.0. The first-order valence-corrected chi connectivity index (χ1v) is 10.7. The molecule has 0 aliphatic rings. The van der Waals surface area contributed by atoms with Gasteiger partial charge in [-0.3, -0.25) is 19.4 Å². The monoisotopic (exact) mass is 477 g/mol. The third kappa shape index (κ3) is 10.6. The number of nitrogens with two attached hydrogens (primary N) is 3. The molecule has 32 heavy (non-hydrogen) atoms. The summed E-state index contributed by atoms with van der Waals surface area (Å²) in [5.74, 6) is -4.06. The van der Waals surface area contributed by atoms with Crippen molar-refractivity contribution in [3.8, 4) is 0 Å². The fraction of sp³-hybridized carbons (Fsp3) is 0.722. The second-order valence-electron chi connectivity index (χ2n) is 7.59. The molecule has 0 bridgehead atoms. The van der Waals surface area contributed by atoms with Gasteiger partial charge in [-0.15, -0.1) is 0 Å².